The minimum Gasteiger partial charge on any atom is -0.478 e. The van der Waals surface area contributed by atoms with Gasteiger partial charge in [0.2, 0.25) is 10.0 Å². The minimum atomic E-state index is -3.75. The fourth-order valence-electron chi connectivity index (χ4n) is 2.16. The lowest BCUT2D eigenvalue weighted by atomic mass is 10.2. The van der Waals surface area contributed by atoms with E-state index in [9.17, 15) is 13.2 Å². The largest absolute Gasteiger partial charge is 0.478 e. The molecule has 0 unspecified atom stereocenters. The van der Waals surface area contributed by atoms with Crippen LogP contribution in [0.25, 0.3) is 0 Å². The van der Waals surface area contributed by atoms with Crippen molar-refractivity contribution in [2.24, 2.45) is 0 Å². The molecule has 1 aromatic rings. The van der Waals surface area contributed by atoms with Crippen LogP contribution in [0.5, 0.6) is 0 Å². The molecule has 8 heteroatoms. The van der Waals surface area contributed by atoms with Crippen LogP contribution in [0, 0.1) is 0 Å². The van der Waals surface area contributed by atoms with E-state index >= 15 is 0 Å². The maximum Gasteiger partial charge on any atom is 0.335 e. The number of nitrogens with one attached hydrogen (secondary N) is 2. The van der Waals surface area contributed by atoms with Crippen molar-refractivity contribution in [3.8, 4) is 0 Å². The lowest BCUT2D eigenvalue weighted by Crippen LogP contribution is -2.23. The first-order valence-corrected chi connectivity index (χ1v) is 8.08. The maximum absolute atomic E-state index is 12.0. The predicted octanol–water partition coefficient (Wildman–Crippen LogP) is 0.884. The fourth-order valence-corrected chi connectivity index (χ4v) is 3.09. The minimum absolute atomic E-state index is 0.0503. The van der Waals surface area contributed by atoms with Gasteiger partial charge in [0.15, 0.2) is 0 Å². The zero-order chi connectivity index (χ0) is 15.5. The number of hydrogen-bond donors (Lipinski definition) is 3. The van der Waals surface area contributed by atoms with Crippen LogP contribution in [0.15, 0.2) is 23.1 Å². The Hall–Kier alpha value is -1.64. The van der Waals surface area contributed by atoms with E-state index in [4.69, 9.17) is 9.84 Å². The van der Waals surface area contributed by atoms with Crippen LogP contribution in [0.1, 0.15) is 23.2 Å². The van der Waals surface area contributed by atoms with Gasteiger partial charge >= 0.3 is 5.97 Å². The second-order valence-electron chi connectivity index (χ2n) is 4.74. The topological polar surface area (TPSA) is 105 Å². The standard InChI is InChI=1S/C13H18N2O5S/c1-14-21(18,19)12-7-9(13(16)17)4-5-11(12)15-8-10-3-2-6-20-10/h4-5,7,10,14-15H,2-3,6,8H2,1H3,(H,16,17)/t10-/m0/s1. The Bertz CT molecular complexity index is 623. The monoisotopic (exact) mass is 314 g/mol. The number of carboxylic acid groups (broad SMARTS) is 1. The molecule has 0 aliphatic carbocycles. The van der Waals surface area contributed by atoms with E-state index in [0.717, 1.165) is 18.9 Å². The highest BCUT2D eigenvalue weighted by Gasteiger charge is 2.21. The molecule has 1 saturated heterocycles. The normalized spacial score (nSPS) is 18.6. The Morgan fingerprint density at radius 3 is 2.81 bits per heavy atom. The van der Waals surface area contributed by atoms with Crippen molar-refractivity contribution in [2.75, 3.05) is 25.5 Å². The molecular weight excluding hydrogens is 296 g/mol. The smallest absolute Gasteiger partial charge is 0.335 e. The van der Waals surface area contributed by atoms with E-state index in [2.05, 4.69) is 10.0 Å². The third-order valence-electron chi connectivity index (χ3n) is 3.33. The van der Waals surface area contributed by atoms with E-state index in [1.807, 2.05) is 0 Å². The van der Waals surface area contributed by atoms with Crippen LogP contribution in [-0.2, 0) is 14.8 Å². The fraction of sp³-hybridized carbons (Fsp3) is 0.462. The van der Waals surface area contributed by atoms with E-state index in [1.54, 1.807) is 0 Å². The van der Waals surface area contributed by atoms with Gasteiger partial charge in [0, 0.05) is 13.2 Å². The molecule has 116 valence electrons. The number of ether oxygens (including phenoxy) is 1. The van der Waals surface area contributed by atoms with E-state index in [1.165, 1.54) is 19.2 Å². The molecule has 2 rings (SSSR count). The summed E-state index contributed by atoms with van der Waals surface area (Å²) in [5, 5.41) is 12.0. The van der Waals surface area contributed by atoms with E-state index < -0.39 is 16.0 Å². The quantitative estimate of drug-likeness (QED) is 0.720. The molecule has 0 radical (unpaired) electrons. The number of hydrogen-bond acceptors (Lipinski definition) is 5. The van der Waals surface area contributed by atoms with Crippen LogP contribution in [0.4, 0.5) is 5.69 Å². The van der Waals surface area contributed by atoms with Crippen molar-refractivity contribution < 1.29 is 23.1 Å². The summed E-state index contributed by atoms with van der Waals surface area (Å²) in [6, 6.07) is 3.98. The van der Waals surface area contributed by atoms with Gasteiger partial charge in [-0.1, -0.05) is 0 Å². The third kappa shape index (κ3) is 3.72. The highest BCUT2D eigenvalue weighted by molar-refractivity contribution is 7.89. The number of anilines is 1. The molecule has 1 aliphatic rings. The summed E-state index contributed by atoms with van der Waals surface area (Å²) >= 11 is 0. The molecule has 0 spiro atoms. The summed E-state index contributed by atoms with van der Waals surface area (Å²) in [7, 11) is -2.46. The second-order valence-corrected chi connectivity index (χ2v) is 6.59. The molecule has 0 bridgehead atoms. The average molecular weight is 314 g/mol. The predicted molar refractivity (Wildman–Crippen MR) is 77.1 cm³/mol. The summed E-state index contributed by atoms with van der Waals surface area (Å²) in [5.41, 5.74) is 0.288. The highest BCUT2D eigenvalue weighted by atomic mass is 32.2. The molecule has 21 heavy (non-hydrogen) atoms. The molecule has 1 aliphatic heterocycles. The Labute approximate surface area is 123 Å². The van der Waals surface area contributed by atoms with E-state index in [-0.39, 0.29) is 16.6 Å². The van der Waals surface area contributed by atoms with Crippen LogP contribution in [0.2, 0.25) is 0 Å². The Morgan fingerprint density at radius 2 is 2.24 bits per heavy atom. The lowest BCUT2D eigenvalue weighted by molar-refractivity contribution is 0.0696. The van der Waals surface area contributed by atoms with Crippen molar-refractivity contribution >= 4 is 21.7 Å². The zero-order valence-corrected chi connectivity index (χ0v) is 12.4. The summed E-state index contributed by atoms with van der Waals surface area (Å²) in [6.45, 7) is 1.20. The molecule has 1 heterocycles. The molecule has 3 N–H and O–H groups in total. The molecule has 0 saturated carbocycles. The van der Waals surface area contributed by atoms with Gasteiger partial charge in [-0.05, 0) is 38.1 Å². The molecule has 1 aromatic carbocycles. The number of carbonyl (C=O) groups is 1. The van der Waals surface area contributed by atoms with Crippen molar-refractivity contribution in [1.82, 2.24) is 4.72 Å². The van der Waals surface area contributed by atoms with E-state index in [0.29, 0.717) is 18.8 Å². The van der Waals surface area contributed by atoms with Crippen molar-refractivity contribution in [3.63, 3.8) is 0 Å². The molecule has 7 nitrogen and oxygen atoms in total. The van der Waals surface area contributed by atoms with Gasteiger partial charge in [-0.2, -0.15) is 0 Å². The van der Waals surface area contributed by atoms with Crippen molar-refractivity contribution in [2.45, 2.75) is 23.8 Å². The highest BCUT2D eigenvalue weighted by Crippen LogP contribution is 2.23. The van der Waals surface area contributed by atoms with Gasteiger partial charge < -0.3 is 15.2 Å². The first-order chi connectivity index (χ1) is 9.94. The summed E-state index contributed by atoms with van der Waals surface area (Å²) < 4.78 is 31.7. The third-order valence-corrected chi connectivity index (χ3v) is 4.79. The molecule has 1 fully saturated rings. The number of carboxylic acids is 1. The Morgan fingerprint density at radius 1 is 1.48 bits per heavy atom. The number of rotatable bonds is 6. The lowest BCUT2D eigenvalue weighted by Gasteiger charge is -2.15. The van der Waals surface area contributed by atoms with Gasteiger partial charge in [-0.3, -0.25) is 0 Å². The van der Waals surface area contributed by atoms with Gasteiger partial charge in [0.05, 0.1) is 17.4 Å². The molecule has 0 aromatic heterocycles. The van der Waals surface area contributed by atoms with Gasteiger partial charge in [-0.15, -0.1) is 0 Å². The van der Waals surface area contributed by atoms with Crippen molar-refractivity contribution in [1.29, 1.82) is 0 Å². The molecule has 1 atom stereocenters. The molecule has 0 amide bonds. The summed E-state index contributed by atoms with van der Waals surface area (Å²) in [6.07, 6.45) is 1.97. The first-order valence-electron chi connectivity index (χ1n) is 6.60. The summed E-state index contributed by atoms with van der Waals surface area (Å²) in [4.78, 5) is 10.9. The second kappa shape index (κ2) is 6.42. The Kier molecular flexibility index (Phi) is 4.81. The van der Waals surface area contributed by atoms with Crippen molar-refractivity contribution in [3.05, 3.63) is 23.8 Å². The summed E-state index contributed by atoms with van der Waals surface area (Å²) in [5.74, 6) is -1.17. The van der Waals surface area contributed by atoms with Gasteiger partial charge in [0.1, 0.15) is 4.90 Å². The van der Waals surface area contributed by atoms with Crippen LogP contribution < -0.4 is 10.0 Å². The zero-order valence-electron chi connectivity index (χ0n) is 11.6. The van der Waals surface area contributed by atoms with Crippen LogP contribution in [0.3, 0.4) is 0 Å². The number of aromatic carboxylic acids is 1. The van der Waals surface area contributed by atoms with Gasteiger partial charge in [0.25, 0.3) is 0 Å². The first kappa shape index (κ1) is 15.7. The molecular formula is C13H18N2O5S. The maximum atomic E-state index is 12.0. The average Bonchev–Trinajstić information content (AvgIpc) is 2.98. The van der Waals surface area contributed by atoms with Gasteiger partial charge in [-0.25, -0.2) is 17.9 Å². The SMILES string of the molecule is CNS(=O)(=O)c1cc(C(=O)O)ccc1NC[C@@H]1CCCO1. The Balaban J connectivity index is 2.28. The van der Waals surface area contributed by atoms with Crippen LogP contribution in [-0.4, -0.2) is 45.8 Å². The number of sulfonamides is 1. The van der Waals surface area contributed by atoms with Crippen LogP contribution >= 0.6 is 0 Å². The number of benzene rings is 1.